The van der Waals surface area contributed by atoms with Gasteiger partial charge in [-0.2, -0.15) is 0 Å². The molecular formula is C55H62Cl2N10O6. The molecule has 10 rings (SSSR count). The molecule has 16 nitrogen and oxygen atoms in total. The summed E-state index contributed by atoms with van der Waals surface area (Å²) in [5.41, 5.74) is 4.30. The maximum absolute atomic E-state index is 13.7. The van der Waals surface area contributed by atoms with Crippen molar-refractivity contribution in [1.29, 1.82) is 0 Å². The third kappa shape index (κ3) is 11.3. The molecule has 4 aromatic carbocycles. The molecule has 4 aromatic heterocycles. The molecule has 73 heavy (non-hydrogen) atoms. The molecule has 2 fully saturated rings. The largest absolute Gasteiger partial charge is 0.444 e. The lowest BCUT2D eigenvalue weighted by Crippen LogP contribution is -2.49. The number of para-hydroxylation sites is 2. The Bertz CT molecular complexity index is 3480. The van der Waals surface area contributed by atoms with Gasteiger partial charge in [0.05, 0.1) is 24.1 Å². The van der Waals surface area contributed by atoms with Gasteiger partial charge in [0.15, 0.2) is 0 Å². The third-order valence-electron chi connectivity index (χ3n) is 13.0. The van der Waals surface area contributed by atoms with E-state index in [1.165, 1.54) is 0 Å². The van der Waals surface area contributed by atoms with E-state index in [-0.39, 0.29) is 23.2 Å². The van der Waals surface area contributed by atoms with Crippen LogP contribution in [0.1, 0.15) is 78.4 Å². The molecule has 2 aliphatic rings. The van der Waals surface area contributed by atoms with E-state index in [1.54, 1.807) is 11.6 Å². The summed E-state index contributed by atoms with van der Waals surface area (Å²) < 4.78 is 16.5. The number of aromatic amines is 1. The number of nitrogens with zero attached hydrogens (tertiary/aromatic N) is 7. The topological polar surface area (TPSA) is 174 Å². The van der Waals surface area contributed by atoms with Crippen LogP contribution >= 0.6 is 23.2 Å². The van der Waals surface area contributed by atoms with Crippen LogP contribution in [-0.2, 0) is 29.6 Å². The van der Waals surface area contributed by atoms with Gasteiger partial charge < -0.3 is 48.6 Å². The Labute approximate surface area is 433 Å². The van der Waals surface area contributed by atoms with Crippen LogP contribution in [-0.4, -0.2) is 90.3 Å². The van der Waals surface area contributed by atoms with Crippen LogP contribution in [0.25, 0.3) is 43.9 Å². The van der Waals surface area contributed by atoms with Gasteiger partial charge in [0, 0.05) is 66.1 Å². The fourth-order valence-corrected chi connectivity index (χ4v) is 10.2. The number of anilines is 2. The van der Waals surface area contributed by atoms with Crippen LogP contribution in [0.4, 0.5) is 21.5 Å². The van der Waals surface area contributed by atoms with Crippen LogP contribution in [0.2, 0.25) is 10.0 Å². The molecule has 2 aliphatic heterocycles. The summed E-state index contributed by atoms with van der Waals surface area (Å²) in [5, 5.41) is 9.07. The highest BCUT2D eigenvalue weighted by molar-refractivity contribution is 6.31. The monoisotopic (exact) mass is 1030 g/mol. The van der Waals surface area contributed by atoms with Gasteiger partial charge >= 0.3 is 12.2 Å². The summed E-state index contributed by atoms with van der Waals surface area (Å²) in [7, 11) is 1.79. The SMILES string of the molecule is CC(C)(C)OC(=O)N[C@@H]1CCCN(c2nc3c4ccccc4[nH]c(=O)c3n2Cc2ccccc2Cl)C1.Cn1c(=O)c2c(nc(N3CCC[C@@H](NC(=O)OC(C)(C)C)C3)n2Cc2ccccc2Cl)c2ccccc21. The molecule has 0 aliphatic carbocycles. The first-order valence-corrected chi connectivity index (χ1v) is 25.5. The number of ether oxygens (including phenoxy) is 2. The van der Waals surface area contributed by atoms with E-state index >= 15 is 0 Å². The van der Waals surface area contributed by atoms with Gasteiger partial charge in [0.25, 0.3) is 11.1 Å². The zero-order chi connectivity index (χ0) is 51.8. The normalized spacial score (nSPS) is 16.4. The van der Waals surface area contributed by atoms with E-state index in [9.17, 15) is 19.2 Å². The second kappa shape index (κ2) is 20.8. The van der Waals surface area contributed by atoms with Crippen LogP contribution in [0.3, 0.4) is 0 Å². The molecule has 0 radical (unpaired) electrons. The zero-order valence-electron chi connectivity index (χ0n) is 42.3. The Hall–Kier alpha value is -7.04. The summed E-state index contributed by atoms with van der Waals surface area (Å²) >= 11 is 13.0. The Kier molecular flexibility index (Phi) is 14.5. The Morgan fingerprint density at radius 2 is 1.10 bits per heavy atom. The van der Waals surface area contributed by atoms with Crippen molar-refractivity contribution < 1.29 is 19.1 Å². The molecule has 6 heterocycles. The number of amides is 2. The average molecular weight is 1030 g/mol. The van der Waals surface area contributed by atoms with Crippen molar-refractivity contribution in [2.45, 2.75) is 104 Å². The van der Waals surface area contributed by atoms with E-state index in [1.807, 2.05) is 148 Å². The Morgan fingerprint density at radius 3 is 1.62 bits per heavy atom. The highest BCUT2D eigenvalue weighted by Gasteiger charge is 2.31. The number of H-pyrrole nitrogens is 1. The number of carbonyl (C=O) groups is 2. The van der Waals surface area contributed by atoms with Crippen molar-refractivity contribution in [3.8, 4) is 0 Å². The van der Waals surface area contributed by atoms with E-state index < -0.39 is 23.4 Å². The predicted octanol–water partition coefficient (Wildman–Crippen LogP) is 10.2. The number of imidazole rings is 2. The fraction of sp³-hybridized carbons (Fsp3) is 0.382. The number of aryl methyl sites for hydroxylation is 1. The van der Waals surface area contributed by atoms with Crippen LogP contribution in [0.15, 0.2) is 107 Å². The number of piperidine rings is 2. The predicted molar refractivity (Wildman–Crippen MR) is 291 cm³/mol. The second-order valence-corrected chi connectivity index (χ2v) is 21.6. The van der Waals surface area contributed by atoms with E-state index in [0.29, 0.717) is 70.2 Å². The van der Waals surface area contributed by atoms with Gasteiger partial charge in [-0.15, -0.1) is 0 Å². The summed E-state index contributed by atoms with van der Waals surface area (Å²) in [6.07, 6.45) is 2.56. The molecule has 0 saturated carbocycles. The smallest absolute Gasteiger partial charge is 0.407 e. The number of pyridine rings is 2. The molecule has 2 atom stereocenters. The maximum Gasteiger partial charge on any atom is 0.407 e. The fourth-order valence-electron chi connectivity index (χ4n) is 9.80. The summed E-state index contributed by atoms with van der Waals surface area (Å²) in [4.78, 5) is 69.2. The number of aromatic nitrogens is 6. The third-order valence-corrected chi connectivity index (χ3v) is 13.7. The molecule has 3 N–H and O–H groups in total. The van der Waals surface area contributed by atoms with Crippen molar-refractivity contribution in [3.05, 3.63) is 139 Å². The molecule has 382 valence electrons. The van der Waals surface area contributed by atoms with Crippen molar-refractivity contribution in [3.63, 3.8) is 0 Å². The number of hydrogen-bond donors (Lipinski definition) is 3. The Balaban J connectivity index is 0.000000180. The number of rotatable bonds is 8. The number of carbonyl (C=O) groups excluding carboxylic acids is 2. The lowest BCUT2D eigenvalue weighted by molar-refractivity contribution is 0.0488. The van der Waals surface area contributed by atoms with E-state index in [4.69, 9.17) is 42.6 Å². The molecule has 2 saturated heterocycles. The van der Waals surface area contributed by atoms with Crippen LogP contribution < -0.4 is 31.6 Å². The average Bonchev–Trinajstić information content (AvgIpc) is 3.91. The minimum atomic E-state index is -0.567. The Morgan fingerprint density at radius 1 is 0.644 bits per heavy atom. The number of halogens is 2. The highest BCUT2D eigenvalue weighted by Crippen LogP contribution is 2.32. The van der Waals surface area contributed by atoms with E-state index in [0.717, 1.165) is 71.7 Å². The summed E-state index contributed by atoms with van der Waals surface area (Å²) in [5.74, 6) is 1.38. The first-order chi connectivity index (χ1) is 34.8. The zero-order valence-corrected chi connectivity index (χ0v) is 43.8. The van der Waals surface area contributed by atoms with Gasteiger partial charge in [0.2, 0.25) is 11.9 Å². The quantitative estimate of drug-likeness (QED) is 0.133. The van der Waals surface area contributed by atoms with Crippen molar-refractivity contribution >= 4 is 91.2 Å². The summed E-state index contributed by atoms with van der Waals surface area (Å²) in [6.45, 7) is 14.5. The van der Waals surface area contributed by atoms with Crippen molar-refractivity contribution in [2.24, 2.45) is 7.05 Å². The molecule has 18 heteroatoms. The number of alkyl carbamates (subject to hydrolysis) is 2. The molecule has 0 unspecified atom stereocenters. The lowest BCUT2D eigenvalue weighted by Gasteiger charge is -2.34. The highest BCUT2D eigenvalue weighted by atomic mass is 35.5. The van der Waals surface area contributed by atoms with Gasteiger partial charge in [-0.1, -0.05) is 96.0 Å². The maximum atomic E-state index is 13.7. The van der Waals surface area contributed by atoms with Gasteiger partial charge in [0.1, 0.15) is 33.3 Å². The lowest BCUT2D eigenvalue weighted by atomic mass is 10.1. The van der Waals surface area contributed by atoms with Crippen LogP contribution in [0, 0.1) is 0 Å². The standard InChI is InChI=1S/C28H32ClN5O3.C27H30ClN5O3/c1-28(2,3)37-27(36)30-19-11-9-15-33(17-19)26-31-23-20-12-6-8-14-22(20)32(4)25(35)24(23)34(26)16-18-10-5-7-13-21(18)29;1-27(2,3)36-26(35)29-18-10-8-14-32(16-18)25-31-22-19-11-5-7-13-21(19)30-24(34)23(22)33(25)15-17-9-4-6-12-20(17)28/h5-8,10,12-14,19H,9,11,15-17H2,1-4H3,(H,30,36);4-7,9,11-13,18H,8,10,14-16H2,1-3H3,(H,29,35)(H,30,34)/t19-;18-/m11/s1. The molecule has 0 spiro atoms. The first-order valence-electron chi connectivity index (χ1n) is 24.8. The molecule has 2 amide bonds. The summed E-state index contributed by atoms with van der Waals surface area (Å²) in [6, 6.07) is 30.6. The van der Waals surface area contributed by atoms with Gasteiger partial charge in [-0.05, 0) is 103 Å². The number of hydrogen-bond acceptors (Lipinski definition) is 10. The van der Waals surface area contributed by atoms with Crippen molar-refractivity contribution in [2.75, 3.05) is 36.0 Å². The van der Waals surface area contributed by atoms with Crippen molar-refractivity contribution in [1.82, 2.24) is 39.3 Å². The second-order valence-electron chi connectivity index (χ2n) is 20.8. The number of nitrogens with one attached hydrogen (secondary N) is 3. The minimum Gasteiger partial charge on any atom is -0.444 e. The first kappa shape index (κ1) is 50.9. The number of benzene rings is 4. The minimum absolute atomic E-state index is 0.0998. The molecule has 0 bridgehead atoms. The molecule has 8 aromatic rings. The van der Waals surface area contributed by atoms with Gasteiger partial charge in [-0.25, -0.2) is 19.6 Å². The van der Waals surface area contributed by atoms with Crippen LogP contribution in [0.5, 0.6) is 0 Å². The van der Waals surface area contributed by atoms with E-state index in [2.05, 4.69) is 25.4 Å². The number of fused-ring (bicyclic) bond motifs is 6. The molecular weight excluding hydrogens is 968 g/mol. The van der Waals surface area contributed by atoms with Gasteiger partial charge in [-0.3, -0.25) is 9.59 Å².